The Hall–Kier alpha value is -3.69. The third kappa shape index (κ3) is 3.69. The van der Waals surface area contributed by atoms with Gasteiger partial charge in [-0.05, 0) is 29.8 Å². The molecule has 0 spiro atoms. The van der Waals surface area contributed by atoms with Crippen molar-refractivity contribution in [3.63, 3.8) is 0 Å². The van der Waals surface area contributed by atoms with Crippen LogP contribution in [-0.2, 0) is 16.1 Å². The summed E-state index contributed by atoms with van der Waals surface area (Å²) in [6, 6.07) is 7.84. The Bertz CT molecular complexity index is 902. The lowest BCUT2D eigenvalue weighted by atomic mass is 10.2. The Morgan fingerprint density at radius 2 is 1.88 bits per heavy atom. The largest absolute Gasteiger partial charge is 0.454 e. The fraction of sp³-hybridized carbons (Fsp3) is 0.125. The number of carbonyl (C=O) groups is 2. The van der Waals surface area contributed by atoms with Crippen molar-refractivity contribution in [1.82, 2.24) is 5.32 Å². The van der Waals surface area contributed by atoms with Crippen LogP contribution < -0.4 is 20.1 Å². The van der Waals surface area contributed by atoms with Crippen molar-refractivity contribution in [2.45, 2.75) is 6.54 Å². The molecule has 0 radical (unpaired) electrons. The summed E-state index contributed by atoms with van der Waals surface area (Å²) < 4.78 is 23.6. The van der Waals surface area contributed by atoms with Gasteiger partial charge in [-0.3, -0.25) is 19.7 Å². The van der Waals surface area contributed by atoms with E-state index < -0.39 is 28.2 Å². The van der Waals surface area contributed by atoms with Gasteiger partial charge in [-0.2, -0.15) is 4.39 Å². The smallest absolute Gasteiger partial charge is 0.313 e. The maximum Gasteiger partial charge on any atom is 0.313 e. The Morgan fingerprint density at radius 1 is 1.12 bits per heavy atom. The zero-order valence-corrected chi connectivity index (χ0v) is 13.2. The molecule has 3 rings (SSSR count). The number of halogens is 1. The van der Waals surface area contributed by atoms with E-state index in [4.69, 9.17) is 9.47 Å². The first-order valence-corrected chi connectivity index (χ1v) is 7.35. The van der Waals surface area contributed by atoms with E-state index in [0.717, 1.165) is 18.2 Å². The molecule has 0 saturated heterocycles. The van der Waals surface area contributed by atoms with Crippen LogP contribution in [-0.4, -0.2) is 23.5 Å². The van der Waals surface area contributed by atoms with Crippen molar-refractivity contribution >= 4 is 23.2 Å². The molecule has 2 N–H and O–H groups in total. The highest BCUT2D eigenvalue weighted by Crippen LogP contribution is 2.32. The lowest BCUT2D eigenvalue weighted by Crippen LogP contribution is -2.34. The molecule has 134 valence electrons. The number of anilines is 1. The first-order valence-electron chi connectivity index (χ1n) is 7.35. The fourth-order valence-corrected chi connectivity index (χ4v) is 2.23. The van der Waals surface area contributed by atoms with Crippen LogP contribution in [0.2, 0.25) is 0 Å². The SMILES string of the molecule is O=C(NCc1ccc2c(c1)OCO2)C(=O)Nc1ccc(F)c([N+](=O)[O-])c1. The van der Waals surface area contributed by atoms with Gasteiger partial charge in [0.25, 0.3) is 0 Å². The van der Waals surface area contributed by atoms with E-state index in [9.17, 15) is 24.1 Å². The first kappa shape index (κ1) is 17.1. The maximum absolute atomic E-state index is 13.3. The predicted octanol–water partition coefficient (Wildman–Crippen LogP) is 1.72. The second-order valence-corrected chi connectivity index (χ2v) is 5.25. The summed E-state index contributed by atoms with van der Waals surface area (Å²) in [6.07, 6.45) is 0. The quantitative estimate of drug-likeness (QED) is 0.486. The molecule has 0 unspecified atom stereocenters. The van der Waals surface area contributed by atoms with Gasteiger partial charge in [0.05, 0.1) is 4.92 Å². The van der Waals surface area contributed by atoms with Gasteiger partial charge in [0.15, 0.2) is 11.5 Å². The van der Waals surface area contributed by atoms with Crippen molar-refractivity contribution in [2.75, 3.05) is 12.1 Å². The lowest BCUT2D eigenvalue weighted by Gasteiger charge is -2.07. The Balaban J connectivity index is 1.59. The zero-order valence-electron chi connectivity index (χ0n) is 13.2. The standard InChI is InChI=1S/C16H12FN3O6/c17-11-3-2-10(6-12(11)20(23)24)19-16(22)15(21)18-7-9-1-4-13-14(5-9)26-8-25-13/h1-6H,7-8H2,(H,18,21)(H,19,22). The number of carbonyl (C=O) groups excluding carboxylic acids is 2. The molecule has 0 aromatic heterocycles. The van der Waals surface area contributed by atoms with Gasteiger partial charge < -0.3 is 20.1 Å². The molecule has 9 nitrogen and oxygen atoms in total. The molecular formula is C16H12FN3O6. The zero-order chi connectivity index (χ0) is 18.7. The number of fused-ring (bicyclic) bond motifs is 1. The minimum Gasteiger partial charge on any atom is -0.454 e. The van der Waals surface area contributed by atoms with Crippen LogP contribution in [0, 0.1) is 15.9 Å². The molecule has 0 aliphatic carbocycles. The van der Waals surface area contributed by atoms with Crippen LogP contribution in [0.1, 0.15) is 5.56 Å². The number of benzene rings is 2. The molecule has 0 bridgehead atoms. The van der Waals surface area contributed by atoms with Crippen LogP contribution in [0.4, 0.5) is 15.8 Å². The van der Waals surface area contributed by atoms with Crippen LogP contribution in [0.3, 0.4) is 0 Å². The van der Waals surface area contributed by atoms with Gasteiger partial charge in [0, 0.05) is 18.3 Å². The minimum atomic E-state index is -1.04. The van der Waals surface area contributed by atoms with Crippen molar-refractivity contribution in [3.05, 3.63) is 57.9 Å². The molecule has 2 aromatic rings. The number of nitro benzene ring substituents is 1. The van der Waals surface area contributed by atoms with E-state index in [0.29, 0.717) is 17.1 Å². The Morgan fingerprint density at radius 3 is 2.65 bits per heavy atom. The number of rotatable bonds is 4. The second kappa shape index (κ2) is 7.05. The van der Waals surface area contributed by atoms with E-state index in [2.05, 4.69) is 10.6 Å². The predicted molar refractivity (Wildman–Crippen MR) is 86.1 cm³/mol. The maximum atomic E-state index is 13.3. The molecule has 2 amide bonds. The van der Waals surface area contributed by atoms with Gasteiger partial charge in [-0.1, -0.05) is 6.07 Å². The number of nitrogens with zero attached hydrogens (tertiary/aromatic N) is 1. The molecule has 26 heavy (non-hydrogen) atoms. The number of ether oxygens (including phenoxy) is 2. The summed E-state index contributed by atoms with van der Waals surface area (Å²) in [4.78, 5) is 33.5. The molecule has 0 saturated carbocycles. The molecule has 1 aliphatic heterocycles. The van der Waals surface area contributed by atoms with E-state index in [1.807, 2.05) is 0 Å². The highest BCUT2D eigenvalue weighted by Gasteiger charge is 2.19. The summed E-state index contributed by atoms with van der Waals surface area (Å²) in [5.41, 5.74) is -0.183. The van der Waals surface area contributed by atoms with Gasteiger partial charge >= 0.3 is 17.5 Å². The molecule has 0 atom stereocenters. The van der Waals surface area contributed by atoms with Gasteiger partial charge in [-0.15, -0.1) is 0 Å². The normalized spacial score (nSPS) is 11.7. The van der Waals surface area contributed by atoms with Crippen LogP contribution in [0.25, 0.3) is 0 Å². The number of nitrogens with one attached hydrogen (secondary N) is 2. The van der Waals surface area contributed by atoms with Crippen molar-refractivity contribution in [2.24, 2.45) is 0 Å². The minimum absolute atomic E-state index is 0.0620. The Kier molecular flexibility index (Phi) is 4.65. The summed E-state index contributed by atoms with van der Waals surface area (Å²) in [7, 11) is 0. The van der Waals surface area contributed by atoms with Crippen molar-refractivity contribution in [1.29, 1.82) is 0 Å². The summed E-state index contributed by atoms with van der Waals surface area (Å²) >= 11 is 0. The first-order chi connectivity index (χ1) is 12.4. The van der Waals surface area contributed by atoms with Crippen molar-refractivity contribution in [3.8, 4) is 11.5 Å². The average Bonchev–Trinajstić information content (AvgIpc) is 3.08. The van der Waals surface area contributed by atoms with Crippen LogP contribution >= 0.6 is 0 Å². The fourth-order valence-electron chi connectivity index (χ4n) is 2.23. The number of hydrogen-bond acceptors (Lipinski definition) is 6. The number of nitro groups is 1. The van der Waals surface area contributed by atoms with Gasteiger partial charge in [0.2, 0.25) is 12.6 Å². The van der Waals surface area contributed by atoms with E-state index in [1.165, 1.54) is 0 Å². The molecule has 10 heteroatoms. The van der Waals surface area contributed by atoms with Crippen LogP contribution in [0.5, 0.6) is 11.5 Å². The third-order valence-electron chi connectivity index (χ3n) is 3.50. The van der Waals surface area contributed by atoms with E-state index in [1.54, 1.807) is 18.2 Å². The average molecular weight is 361 g/mol. The summed E-state index contributed by atoms with van der Waals surface area (Å²) in [5.74, 6) is -1.89. The molecular weight excluding hydrogens is 349 g/mol. The molecule has 0 fully saturated rings. The molecule has 1 aliphatic rings. The third-order valence-corrected chi connectivity index (χ3v) is 3.50. The van der Waals surface area contributed by atoms with Gasteiger partial charge in [-0.25, -0.2) is 0 Å². The van der Waals surface area contributed by atoms with E-state index >= 15 is 0 Å². The second-order valence-electron chi connectivity index (χ2n) is 5.25. The monoisotopic (exact) mass is 361 g/mol. The summed E-state index contributed by atoms with van der Waals surface area (Å²) in [6.45, 7) is 0.184. The molecule has 2 aromatic carbocycles. The highest BCUT2D eigenvalue weighted by atomic mass is 19.1. The lowest BCUT2D eigenvalue weighted by molar-refractivity contribution is -0.387. The topological polar surface area (TPSA) is 120 Å². The number of hydrogen-bond donors (Lipinski definition) is 2. The van der Waals surface area contributed by atoms with E-state index in [-0.39, 0.29) is 19.0 Å². The summed E-state index contributed by atoms with van der Waals surface area (Å²) in [5, 5.41) is 15.3. The molecule has 1 heterocycles. The Labute approximate surface area is 145 Å². The number of amides is 2. The highest BCUT2D eigenvalue weighted by molar-refractivity contribution is 6.39. The van der Waals surface area contributed by atoms with Gasteiger partial charge in [0.1, 0.15) is 0 Å². The van der Waals surface area contributed by atoms with Crippen LogP contribution in [0.15, 0.2) is 36.4 Å². The van der Waals surface area contributed by atoms with Crippen molar-refractivity contribution < 1.29 is 28.4 Å².